The van der Waals surface area contributed by atoms with E-state index in [9.17, 15) is 4.79 Å². The quantitative estimate of drug-likeness (QED) is 0.839. The molecule has 0 aliphatic heterocycles. The molecule has 1 aliphatic rings. The van der Waals surface area contributed by atoms with Gasteiger partial charge in [-0.25, -0.2) is 0 Å². The molecule has 1 fully saturated rings. The minimum atomic E-state index is -0.00471. The Balaban J connectivity index is 1.88. The van der Waals surface area contributed by atoms with Crippen LogP contribution in [0.25, 0.3) is 0 Å². The third kappa shape index (κ3) is 3.01. The maximum atomic E-state index is 11.9. The normalized spacial score (nSPS) is 20.3. The second kappa shape index (κ2) is 4.98. The van der Waals surface area contributed by atoms with E-state index in [1.165, 1.54) is 0 Å². The Morgan fingerprint density at radius 2 is 2.06 bits per heavy atom. The minimum Gasteiger partial charge on any atom is -0.491 e. The minimum absolute atomic E-state index is 0.00471. The highest BCUT2D eigenvalue weighted by Gasteiger charge is 2.50. The molecule has 98 valence electrons. The molecule has 1 aliphatic carbocycles. The van der Waals surface area contributed by atoms with Crippen LogP contribution >= 0.6 is 0 Å². The zero-order valence-electron chi connectivity index (χ0n) is 10.8. The Kier molecular flexibility index (Phi) is 3.57. The molecular weight excluding hydrogens is 230 g/mol. The summed E-state index contributed by atoms with van der Waals surface area (Å²) in [6.45, 7) is 4.48. The van der Waals surface area contributed by atoms with E-state index in [-0.39, 0.29) is 30.5 Å². The number of benzene rings is 1. The van der Waals surface area contributed by atoms with Gasteiger partial charge in [0.05, 0.1) is 6.61 Å². The van der Waals surface area contributed by atoms with Gasteiger partial charge >= 0.3 is 0 Å². The SMILES string of the molecule is CC1(C)CC1C(=O)Nc1ccc(OCCO)cc1. The maximum absolute atomic E-state index is 11.9. The van der Waals surface area contributed by atoms with Gasteiger partial charge in [-0.05, 0) is 36.1 Å². The molecule has 0 bridgehead atoms. The van der Waals surface area contributed by atoms with Crippen molar-refractivity contribution < 1.29 is 14.6 Å². The van der Waals surface area contributed by atoms with Gasteiger partial charge in [0.1, 0.15) is 12.4 Å². The fraction of sp³-hybridized carbons (Fsp3) is 0.500. The van der Waals surface area contributed by atoms with E-state index in [1.807, 2.05) is 0 Å². The number of hydrogen-bond donors (Lipinski definition) is 2. The van der Waals surface area contributed by atoms with Crippen LogP contribution in [-0.4, -0.2) is 24.2 Å². The van der Waals surface area contributed by atoms with Gasteiger partial charge in [-0.2, -0.15) is 0 Å². The standard InChI is InChI=1S/C14H19NO3/c1-14(2)9-12(14)13(17)15-10-3-5-11(6-4-10)18-8-7-16/h3-6,12,16H,7-9H2,1-2H3,(H,15,17). The van der Waals surface area contributed by atoms with Gasteiger partial charge in [0, 0.05) is 11.6 Å². The highest BCUT2D eigenvalue weighted by atomic mass is 16.5. The molecule has 0 spiro atoms. The van der Waals surface area contributed by atoms with Crippen molar-refractivity contribution in [2.45, 2.75) is 20.3 Å². The number of anilines is 1. The van der Waals surface area contributed by atoms with Crippen molar-refractivity contribution in [3.8, 4) is 5.75 Å². The molecule has 4 nitrogen and oxygen atoms in total. The largest absolute Gasteiger partial charge is 0.491 e. The zero-order valence-corrected chi connectivity index (χ0v) is 10.8. The van der Waals surface area contributed by atoms with Gasteiger partial charge in [0.2, 0.25) is 5.91 Å². The van der Waals surface area contributed by atoms with Crippen LogP contribution in [-0.2, 0) is 4.79 Å². The van der Waals surface area contributed by atoms with Gasteiger partial charge in [-0.3, -0.25) is 4.79 Å². The highest BCUT2D eigenvalue weighted by molar-refractivity contribution is 5.94. The lowest BCUT2D eigenvalue weighted by atomic mass is 10.1. The van der Waals surface area contributed by atoms with E-state index in [2.05, 4.69) is 19.2 Å². The zero-order chi connectivity index (χ0) is 13.2. The van der Waals surface area contributed by atoms with Gasteiger partial charge < -0.3 is 15.2 Å². The van der Waals surface area contributed by atoms with Crippen LogP contribution in [0, 0.1) is 11.3 Å². The van der Waals surface area contributed by atoms with Crippen LogP contribution in [0.3, 0.4) is 0 Å². The molecule has 0 radical (unpaired) electrons. The fourth-order valence-corrected chi connectivity index (χ4v) is 1.94. The fourth-order valence-electron chi connectivity index (χ4n) is 1.94. The molecule has 0 aromatic heterocycles. The third-order valence-corrected chi connectivity index (χ3v) is 3.31. The monoisotopic (exact) mass is 249 g/mol. The molecule has 1 aromatic carbocycles. The number of carbonyl (C=O) groups is 1. The number of aliphatic hydroxyl groups excluding tert-OH is 1. The summed E-state index contributed by atoms with van der Waals surface area (Å²) in [6.07, 6.45) is 0.955. The lowest BCUT2D eigenvalue weighted by Crippen LogP contribution is -2.16. The first-order chi connectivity index (χ1) is 8.53. The third-order valence-electron chi connectivity index (χ3n) is 3.31. The Hall–Kier alpha value is -1.55. The molecule has 0 saturated heterocycles. The Morgan fingerprint density at radius 1 is 1.44 bits per heavy atom. The summed E-state index contributed by atoms with van der Waals surface area (Å²) in [4.78, 5) is 11.9. The summed E-state index contributed by atoms with van der Waals surface area (Å²) in [7, 11) is 0. The van der Waals surface area contributed by atoms with Crippen molar-refractivity contribution in [1.29, 1.82) is 0 Å². The van der Waals surface area contributed by atoms with Crippen LogP contribution in [0.4, 0.5) is 5.69 Å². The Morgan fingerprint density at radius 3 is 2.56 bits per heavy atom. The highest BCUT2D eigenvalue weighted by Crippen LogP contribution is 2.51. The second-order valence-electron chi connectivity index (χ2n) is 5.33. The first-order valence-corrected chi connectivity index (χ1v) is 6.17. The number of hydrogen-bond acceptors (Lipinski definition) is 3. The van der Waals surface area contributed by atoms with Gasteiger partial charge in [0.25, 0.3) is 0 Å². The molecule has 1 atom stereocenters. The Bertz CT molecular complexity index is 425. The summed E-state index contributed by atoms with van der Waals surface area (Å²) in [6, 6.07) is 7.17. The molecule has 18 heavy (non-hydrogen) atoms. The first kappa shape index (κ1) is 12.9. The smallest absolute Gasteiger partial charge is 0.228 e. The lowest BCUT2D eigenvalue weighted by Gasteiger charge is -2.08. The summed E-state index contributed by atoms with van der Waals surface area (Å²) in [5.41, 5.74) is 0.924. The number of ether oxygens (including phenoxy) is 1. The molecule has 2 rings (SSSR count). The van der Waals surface area contributed by atoms with Crippen molar-refractivity contribution in [1.82, 2.24) is 0 Å². The molecule has 0 heterocycles. The topological polar surface area (TPSA) is 58.6 Å². The number of aliphatic hydroxyl groups is 1. The van der Waals surface area contributed by atoms with Gasteiger partial charge in [-0.1, -0.05) is 13.8 Å². The van der Waals surface area contributed by atoms with E-state index >= 15 is 0 Å². The van der Waals surface area contributed by atoms with E-state index in [0.717, 1.165) is 12.1 Å². The van der Waals surface area contributed by atoms with Crippen LogP contribution in [0.1, 0.15) is 20.3 Å². The van der Waals surface area contributed by atoms with E-state index < -0.39 is 0 Å². The number of amides is 1. The molecular formula is C14H19NO3. The lowest BCUT2D eigenvalue weighted by molar-refractivity contribution is -0.118. The summed E-state index contributed by atoms with van der Waals surface area (Å²) >= 11 is 0. The average Bonchev–Trinajstić information content (AvgIpc) is 2.98. The van der Waals surface area contributed by atoms with Crippen LogP contribution < -0.4 is 10.1 Å². The Labute approximate surface area is 107 Å². The van der Waals surface area contributed by atoms with Crippen molar-refractivity contribution >= 4 is 11.6 Å². The van der Waals surface area contributed by atoms with Gasteiger partial charge in [0.15, 0.2) is 0 Å². The maximum Gasteiger partial charge on any atom is 0.228 e. The number of rotatable bonds is 5. The first-order valence-electron chi connectivity index (χ1n) is 6.17. The van der Waals surface area contributed by atoms with Crippen LogP contribution in [0.2, 0.25) is 0 Å². The van der Waals surface area contributed by atoms with Crippen molar-refractivity contribution in [3.05, 3.63) is 24.3 Å². The van der Waals surface area contributed by atoms with Crippen molar-refractivity contribution in [2.24, 2.45) is 11.3 Å². The van der Waals surface area contributed by atoms with Crippen molar-refractivity contribution in [2.75, 3.05) is 18.5 Å². The number of carbonyl (C=O) groups excluding carboxylic acids is 1. The molecule has 4 heteroatoms. The van der Waals surface area contributed by atoms with E-state index in [1.54, 1.807) is 24.3 Å². The van der Waals surface area contributed by atoms with Gasteiger partial charge in [-0.15, -0.1) is 0 Å². The van der Waals surface area contributed by atoms with Crippen LogP contribution in [0.5, 0.6) is 5.75 Å². The van der Waals surface area contributed by atoms with Crippen molar-refractivity contribution in [3.63, 3.8) is 0 Å². The molecule has 2 N–H and O–H groups in total. The number of nitrogens with one attached hydrogen (secondary N) is 1. The van der Waals surface area contributed by atoms with E-state index in [0.29, 0.717) is 5.75 Å². The molecule has 1 aromatic rings. The van der Waals surface area contributed by atoms with E-state index in [4.69, 9.17) is 9.84 Å². The summed E-state index contributed by atoms with van der Waals surface area (Å²) in [5.74, 6) is 0.903. The summed E-state index contributed by atoms with van der Waals surface area (Å²) < 4.78 is 5.25. The predicted octanol–water partition coefficient (Wildman–Crippen LogP) is 2.04. The van der Waals surface area contributed by atoms with Crippen LogP contribution in [0.15, 0.2) is 24.3 Å². The summed E-state index contributed by atoms with van der Waals surface area (Å²) in [5, 5.41) is 11.5. The molecule has 1 saturated carbocycles. The second-order valence-corrected chi connectivity index (χ2v) is 5.33. The molecule has 1 unspecified atom stereocenters. The average molecular weight is 249 g/mol. The molecule has 1 amide bonds. The predicted molar refractivity (Wildman–Crippen MR) is 69.5 cm³/mol.